The summed E-state index contributed by atoms with van der Waals surface area (Å²) < 4.78 is 6.33. The summed E-state index contributed by atoms with van der Waals surface area (Å²) in [4.78, 5) is 16.4. The van der Waals surface area contributed by atoms with Gasteiger partial charge in [0.05, 0.1) is 11.0 Å². The van der Waals surface area contributed by atoms with Crippen molar-refractivity contribution in [3.8, 4) is 11.5 Å². The van der Waals surface area contributed by atoms with Crippen LogP contribution in [-0.2, 0) is 29.5 Å². The third-order valence-corrected chi connectivity index (χ3v) is 9.03. The van der Waals surface area contributed by atoms with Crippen LogP contribution in [0, 0.1) is 5.41 Å². The SMILES string of the molecule is CN1CC[C@]23c4c5ccc(O)c4OC2C(=O)C2(Cc4ccccc4C2)C[C@@]3(O)C1C5. The number of aromatic hydroxyl groups is 1. The average molecular weight is 403 g/mol. The normalized spacial score (nSPS) is 37.1. The van der Waals surface area contributed by atoms with E-state index in [9.17, 15) is 15.0 Å². The Morgan fingerprint density at radius 2 is 1.83 bits per heavy atom. The lowest BCUT2D eigenvalue weighted by molar-refractivity contribution is -0.206. The Balaban J connectivity index is 1.48. The van der Waals surface area contributed by atoms with Gasteiger partial charge in [-0.3, -0.25) is 4.79 Å². The molecule has 5 aliphatic rings. The summed E-state index contributed by atoms with van der Waals surface area (Å²) in [5.74, 6) is 0.615. The van der Waals surface area contributed by atoms with E-state index < -0.39 is 22.5 Å². The van der Waals surface area contributed by atoms with Crippen LogP contribution in [0.2, 0.25) is 0 Å². The molecule has 0 radical (unpaired) electrons. The molecule has 1 saturated carbocycles. The molecule has 5 nitrogen and oxygen atoms in total. The molecule has 4 atom stereocenters. The van der Waals surface area contributed by atoms with Crippen molar-refractivity contribution in [2.75, 3.05) is 13.6 Å². The van der Waals surface area contributed by atoms with E-state index in [4.69, 9.17) is 4.74 Å². The second-order valence-electron chi connectivity index (χ2n) is 10.2. The molecule has 30 heavy (non-hydrogen) atoms. The minimum atomic E-state index is -1.06. The van der Waals surface area contributed by atoms with Crippen molar-refractivity contribution < 1.29 is 19.7 Å². The summed E-state index contributed by atoms with van der Waals surface area (Å²) in [6, 6.07) is 11.8. The standard InChI is InChI=1S/C25H25NO4/c1-26-9-8-24-19-14-6-7-17(27)20(19)30-22(24)21(28)23(13-25(24,29)18(26)10-14)11-15-4-2-3-5-16(15)12-23/h2-7,18,22,27,29H,8-13H2,1H3/t18?,22?,24-,25+/m0/s1. The first-order valence-corrected chi connectivity index (χ1v) is 11.0. The van der Waals surface area contributed by atoms with E-state index in [1.807, 2.05) is 18.2 Å². The number of aliphatic hydroxyl groups is 1. The second kappa shape index (κ2) is 5.09. The Labute approximate surface area is 175 Å². The Hall–Kier alpha value is -2.37. The lowest BCUT2D eigenvalue weighted by Crippen LogP contribution is -2.79. The number of carbonyl (C=O) groups excluding carboxylic acids is 1. The summed E-state index contributed by atoms with van der Waals surface area (Å²) in [5.41, 5.74) is 1.95. The van der Waals surface area contributed by atoms with E-state index in [0.717, 1.165) is 17.7 Å². The molecule has 2 aliphatic heterocycles. The maximum Gasteiger partial charge on any atom is 0.181 e. The lowest BCUT2D eigenvalue weighted by atomic mass is 9.44. The number of ketones is 1. The number of hydrogen-bond acceptors (Lipinski definition) is 5. The van der Waals surface area contributed by atoms with Crippen LogP contribution in [-0.4, -0.2) is 52.2 Å². The van der Waals surface area contributed by atoms with Gasteiger partial charge in [0, 0.05) is 17.0 Å². The molecule has 1 saturated heterocycles. The molecule has 2 bridgehead atoms. The van der Waals surface area contributed by atoms with Crippen molar-refractivity contribution in [1.29, 1.82) is 0 Å². The monoisotopic (exact) mass is 403 g/mol. The fourth-order valence-corrected chi connectivity index (χ4v) is 7.79. The third-order valence-electron chi connectivity index (χ3n) is 9.03. The van der Waals surface area contributed by atoms with Gasteiger partial charge in [-0.25, -0.2) is 0 Å². The van der Waals surface area contributed by atoms with Crippen LogP contribution in [0.1, 0.15) is 35.1 Å². The first-order valence-electron chi connectivity index (χ1n) is 11.0. The summed E-state index contributed by atoms with van der Waals surface area (Å²) in [7, 11) is 2.08. The van der Waals surface area contributed by atoms with Gasteiger partial charge < -0.3 is 19.8 Å². The minimum absolute atomic E-state index is 0.0611. The molecule has 5 heteroatoms. The predicted octanol–water partition coefficient (Wildman–Crippen LogP) is 2.14. The van der Waals surface area contributed by atoms with Crippen LogP contribution in [0.4, 0.5) is 0 Å². The number of phenolic OH excluding ortho intramolecular Hbond substituents is 1. The number of benzene rings is 2. The minimum Gasteiger partial charge on any atom is -0.504 e. The number of Topliss-reactive ketones (excluding diaryl/α,β-unsaturated/α-hetero) is 1. The van der Waals surface area contributed by atoms with Gasteiger partial charge in [-0.1, -0.05) is 30.3 Å². The highest BCUT2D eigenvalue weighted by Crippen LogP contribution is 2.68. The van der Waals surface area contributed by atoms with Gasteiger partial charge in [-0.15, -0.1) is 0 Å². The summed E-state index contributed by atoms with van der Waals surface area (Å²) in [5, 5.41) is 23.1. The van der Waals surface area contributed by atoms with Crippen molar-refractivity contribution in [3.05, 3.63) is 58.7 Å². The third kappa shape index (κ3) is 1.67. The van der Waals surface area contributed by atoms with E-state index in [0.29, 0.717) is 37.9 Å². The fraction of sp³-hybridized carbons (Fsp3) is 0.480. The van der Waals surface area contributed by atoms with E-state index in [2.05, 4.69) is 24.1 Å². The fourth-order valence-electron chi connectivity index (χ4n) is 7.79. The molecule has 2 aromatic rings. The smallest absolute Gasteiger partial charge is 0.181 e. The Morgan fingerprint density at radius 1 is 1.10 bits per heavy atom. The molecule has 2 aromatic carbocycles. The molecule has 2 unspecified atom stereocenters. The largest absolute Gasteiger partial charge is 0.504 e. The maximum atomic E-state index is 14.1. The number of fused-ring (bicyclic) bond motifs is 1. The number of piperidine rings is 1. The highest BCUT2D eigenvalue weighted by Gasteiger charge is 2.77. The van der Waals surface area contributed by atoms with Gasteiger partial charge in [-0.2, -0.15) is 0 Å². The van der Waals surface area contributed by atoms with Crippen molar-refractivity contribution >= 4 is 5.78 Å². The molecule has 2 fully saturated rings. The molecule has 2 N–H and O–H groups in total. The van der Waals surface area contributed by atoms with Crippen LogP contribution in [0.5, 0.6) is 11.5 Å². The summed E-state index contributed by atoms with van der Waals surface area (Å²) >= 11 is 0. The molecule has 7 rings (SSSR count). The number of carbonyl (C=O) groups is 1. The molecule has 0 aromatic heterocycles. The molecular weight excluding hydrogens is 378 g/mol. The van der Waals surface area contributed by atoms with Crippen LogP contribution in [0.25, 0.3) is 0 Å². The summed E-state index contributed by atoms with van der Waals surface area (Å²) in [6.07, 6.45) is 2.42. The highest BCUT2D eigenvalue weighted by atomic mass is 16.5. The second-order valence-corrected chi connectivity index (χ2v) is 10.2. The number of rotatable bonds is 0. The zero-order valence-corrected chi connectivity index (χ0v) is 17.0. The average Bonchev–Trinajstić information content (AvgIpc) is 3.26. The number of phenols is 1. The van der Waals surface area contributed by atoms with Crippen molar-refractivity contribution in [3.63, 3.8) is 0 Å². The molecule has 0 amide bonds. The molecule has 2 heterocycles. The first kappa shape index (κ1) is 17.3. The zero-order valence-electron chi connectivity index (χ0n) is 17.0. The van der Waals surface area contributed by atoms with E-state index in [1.165, 1.54) is 11.1 Å². The van der Waals surface area contributed by atoms with E-state index in [1.54, 1.807) is 6.07 Å². The molecule has 3 aliphatic carbocycles. The van der Waals surface area contributed by atoms with E-state index in [-0.39, 0.29) is 17.6 Å². The van der Waals surface area contributed by atoms with Crippen molar-refractivity contribution in [1.82, 2.24) is 4.90 Å². The van der Waals surface area contributed by atoms with Crippen LogP contribution < -0.4 is 4.74 Å². The van der Waals surface area contributed by atoms with Gasteiger partial charge in [0.2, 0.25) is 0 Å². The van der Waals surface area contributed by atoms with Gasteiger partial charge in [0.1, 0.15) is 0 Å². The van der Waals surface area contributed by atoms with Crippen LogP contribution in [0.15, 0.2) is 36.4 Å². The molecular formula is C25H25NO4. The Kier molecular flexibility index (Phi) is 2.94. The molecule has 2 spiro atoms. The van der Waals surface area contributed by atoms with Crippen molar-refractivity contribution in [2.24, 2.45) is 5.41 Å². The Bertz CT molecular complexity index is 1120. The predicted molar refractivity (Wildman–Crippen MR) is 110 cm³/mol. The van der Waals surface area contributed by atoms with Crippen LogP contribution in [0.3, 0.4) is 0 Å². The lowest BCUT2D eigenvalue weighted by Gasteiger charge is -2.64. The molecule has 154 valence electrons. The van der Waals surface area contributed by atoms with Gasteiger partial charge >= 0.3 is 0 Å². The Morgan fingerprint density at radius 3 is 2.57 bits per heavy atom. The first-order chi connectivity index (χ1) is 14.4. The summed E-state index contributed by atoms with van der Waals surface area (Å²) in [6.45, 7) is 0.807. The number of ether oxygens (including phenoxy) is 1. The number of hydrogen-bond donors (Lipinski definition) is 2. The van der Waals surface area contributed by atoms with Crippen LogP contribution >= 0.6 is 0 Å². The number of likely N-dealkylation sites (tertiary alicyclic amines) is 1. The quantitative estimate of drug-likeness (QED) is 0.705. The zero-order chi connectivity index (χ0) is 20.5. The van der Waals surface area contributed by atoms with Gasteiger partial charge in [0.25, 0.3) is 0 Å². The van der Waals surface area contributed by atoms with Gasteiger partial charge in [-0.05, 0) is 68.5 Å². The topological polar surface area (TPSA) is 70.0 Å². The van der Waals surface area contributed by atoms with E-state index >= 15 is 0 Å². The van der Waals surface area contributed by atoms with Crippen molar-refractivity contribution in [2.45, 2.75) is 55.3 Å². The van der Waals surface area contributed by atoms with Gasteiger partial charge in [0.15, 0.2) is 23.4 Å². The number of likely N-dealkylation sites (N-methyl/N-ethyl adjacent to an activating group) is 1. The number of nitrogens with zero attached hydrogens (tertiary/aromatic N) is 1. The maximum absolute atomic E-state index is 14.1. The highest BCUT2D eigenvalue weighted by molar-refractivity contribution is 5.96.